The van der Waals surface area contributed by atoms with E-state index in [2.05, 4.69) is 10.6 Å². The Balaban J connectivity index is 1.64. The van der Waals surface area contributed by atoms with Gasteiger partial charge in [-0.25, -0.2) is 0 Å². The third kappa shape index (κ3) is 7.63. The zero-order chi connectivity index (χ0) is 21.2. The number of ether oxygens (including phenoxy) is 2. The summed E-state index contributed by atoms with van der Waals surface area (Å²) in [6, 6.07) is 11.9. The van der Waals surface area contributed by atoms with Crippen molar-refractivity contribution in [2.45, 2.75) is 6.42 Å². The van der Waals surface area contributed by atoms with Crippen molar-refractivity contribution in [3.05, 3.63) is 63.6 Å². The zero-order valence-corrected chi connectivity index (χ0v) is 17.2. The Morgan fingerprint density at radius 2 is 1.72 bits per heavy atom. The van der Waals surface area contributed by atoms with Crippen LogP contribution in [0.1, 0.15) is 15.9 Å². The van der Waals surface area contributed by atoms with Crippen molar-refractivity contribution in [1.82, 2.24) is 10.6 Å². The van der Waals surface area contributed by atoms with Crippen LogP contribution in [0.4, 0.5) is 0 Å². The lowest BCUT2D eigenvalue weighted by atomic mass is 10.1. The summed E-state index contributed by atoms with van der Waals surface area (Å²) in [6.07, 6.45) is 0.627. The minimum Gasteiger partial charge on any atom is -0.497 e. The highest BCUT2D eigenvalue weighted by molar-refractivity contribution is 6.36. The lowest BCUT2D eigenvalue weighted by Crippen LogP contribution is -2.34. The fraction of sp³-hybridized carbons (Fsp3) is 0.250. The van der Waals surface area contributed by atoms with Gasteiger partial charge in [-0.3, -0.25) is 14.4 Å². The normalized spacial score (nSPS) is 10.2. The van der Waals surface area contributed by atoms with E-state index < -0.39 is 30.9 Å². The van der Waals surface area contributed by atoms with Gasteiger partial charge in [-0.05, 0) is 42.3 Å². The molecule has 2 aromatic rings. The van der Waals surface area contributed by atoms with Gasteiger partial charge in [0.25, 0.3) is 11.8 Å². The monoisotopic (exact) mass is 438 g/mol. The van der Waals surface area contributed by atoms with E-state index in [4.69, 9.17) is 32.7 Å². The molecule has 0 fully saturated rings. The van der Waals surface area contributed by atoms with Crippen LogP contribution in [0.25, 0.3) is 0 Å². The lowest BCUT2D eigenvalue weighted by Gasteiger charge is -2.09. The van der Waals surface area contributed by atoms with Crippen LogP contribution >= 0.6 is 23.2 Å². The fourth-order valence-electron chi connectivity index (χ4n) is 2.31. The molecule has 0 aliphatic rings. The van der Waals surface area contributed by atoms with Crippen molar-refractivity contribution in [3.8, 4) is 5.75 Å². The first-order valence-corrected chi connectivity index (χ1v) is 9.43. The number of hydrogen-bond donors (Lipinski definition) is 2. The highest BCUT2D eigenvalue weighted by Gasteiger charge is 2.13. The van der Waals surface area contributed by atoms with Crippen LogP contribution in [-0.4, -0.2) is 44.6 Å². The van der Waals surface area contributed by atoms with Crippen LogP contribution in [0.3, 0.4) is 0 Å². The Labute approximate surface area is 178 Å². The molecular weight excluding hydrogens is 419 g/mol. The van der Waals surface area contributed by atoms with E-state index in [1.165, 1.54) is 18.2 Å². The molecule has 0 aromatic heterocycles. The van der Waals surface area contributed by atoms with Gasteiger partial charge in [0.05, 0.1) is 17.7 Å². The number of halogens is 2. The molecule has 0 heterocycles. The number of benzene rings is 2. The maximum Gasteiger partial charge on any atom is 0.325 e. The van der Waals surface area contributed by atoms with Crippen molar-refractivity contribution >= 4 is 41.0 Å². The highest BCUT2D eigenvalue weighted by atomic mass is 35.5. The molecule has 2 N–H and O–H groups in total. The van der Waals surface area contributed by atoms with E-state index in [-0.39, 0.29) is 10.6 Å². The molecule has 0 bridgehead atoms. The number of carbonyl (C=O) groups is 3. The second-order valence-corrected chi connectivity index (χ2v) is 6.76. The van der Waals surface area contributed by atoms with Gasteiger partial charge in [0, 0.05) is 11.6 Å². The molecule has 0 radical (unpaired) electrons. The van der Waals surface area contributed by atoms with Crippen molar-refractivity contribution in [1.29, 1.82) is 0 Å². The lowest BCUT2D eigenvalue weighted by molar-refractivity contribution is -0.147. The molecule has 0 spiro atoms. The molecule has 154 valence electrons. The number of esters is 1. The molecule has 9 heteroatoms. The highest BCUT2D eigenvalue weighted by Crippen LogP contribution is 2.20. The third-order valence-corrected chi connectivity index (χ3v) is 4.38. The average Bonchev–Trinajstić information content (AvgIpc) is 2.71. The van der Waals surface area contributed by atoms with Crippen LogP contribution < -0.4 is 15.4 Å². The molecule has 0 unspecified atom stereocenters. The minimum atomic E-state index is -0.742. The summed E-state index contributed by atoms with van der Waals surface area (Å²) in [6.45, 7) is -0.426. The van der Waals surface area contributed by atoms with E-state index in [1.54, 1.807) is 7.11 Å². The minimum absolute atomic E-state index is 0.166. The van der Waals surface area contributed by atoms with E-state index in [9.17, 15) is 14.4 Å². The van der Waals surface area contributed by atoms with Crippen LogP contribution in [0.5, 0.6) is 5.75 Å². The number of hydrogen-bond acceptors (Lipinski definition) is 5. The first-order chi connectivity index (χ1) is 13.9. The van der Waals surface area contributed by atoms with Gasteiger partial charge in [-0.1, -0.05) is 35.3 Å². The molecule has 0 saturated heterocycles. The summed E-state index contributed by atoms with van der Waals surface area (Å²) in [5, 5.41) is 5.59. The van der Waals surface area contributed by atoms with Gasteiger partial charge < -0.3 is 20.1 Å². The van der Waals surface area contributed by atoms with E-state index in [1.807, 2.05) is 24.3 Å². The van der Waals surface area contributed by atoms with Crippen LogP contribution in [0, 0.1) is 0 Å². The van der Waals surface area contributed by atoms with Gasteiger partial charge >= 0.3 is 5.97 Å². The first kappa shape index (κ1) is 22.5. The first-order valence-electron chi connectivity index (χ1n) is 8.67. The number of nitrogens with one attached hydrogen (secondary N) is 2. The van der Waals surface area contributed by atoms with Crippen LogP contribution in [0.2, 0.25) is 10.0 Å². The number of amides is 2. The average molecular weight is 439 g/mol. The molecule has 0 aliphatic carbocycles. The van der Waals surface area contributed by atoms with E-state index in [0.29, 0.717) is 18.0 Å². The van der Waals surface area contributed by atoms with Gasteiger partial charge in [0.15, 0.2) is 6.61 Å². The molecule has 2 aromatic carbocycles. The quantitative estimate of drug-likeness (QED) is 0.586. The summed E-state index contributed by atoms with van der Waals surface area (Å²) in [4.78, 5) is 35.4. The van der Waals surface area contributed by atoms with E-state index in [0.717, 1.165) is 11.3 Å². The molecular formula is C20H20Cl2N2O5. The summed E-state index contributed by atoms with van der Waals surface area (Å²) in [7, 11) is 1.59. The summed E-state index contributed by atoms with van der Waals surface area (Å²) in [5.41, 5.74) is 1.21. The van der Waals surface area contributed by atoms with Gasteiger partial charge in [0.1, 0.15) is 12.3 Å². The third-order valence-electron chi connectivity index (χ3n) is 3.83. The Morgan fingerprint density at radius 1 is 1.00 bits per heavy atom. The number of carbonyl (C=O) groups excluding carboxylic acids is 3. The second kappa shape index (κ2) is 11.3. The molecule has 2 rings (SSSR count). The Bertz CT molecular complexity index is 872. The SMILES string of the molecule is COc1ccc(CCNC(=O)COC(=O)CNC(=O)c2ccc(Cl)cc2Cl)cc1. The Hall–Kier alpha value is -2.77. The zero-order valence-electron chi connectivity index (χ0n) is 15.7. The predicted molar refractivity (Wildman–Crippen MR) is 109 cm³/mol. The van der Waals surface area contributed by atoms with Crippen LogP contribution in [0.15, 0.2) is 42.5 Å². The Morgan fingerprint density at radius 3 is 2.38 bits per heavy atom. The summed E-state index contributed by atoms with van der Waals surface area (Å²) >= 11 is 11.7. The van der Waals surface area contributed by atoms with Gasteiger partial charge in [-0.15, -0.1) is 0 Å². The Kier molecular flexibility index (Phi) is 8.76. The van der Waals surface area contributed by atoms with Crippen molar-refractivity contribution < 1.29 is 23.9 Å². The van der Waals surface area contributed by atoms with Crippen molar-refractivity contribution in [2.75, 3.05) is 26.8 Å². The maximum absolute atomic E-state index is 12.0. The molecule has 29 heavy (non-hydrogen) atoms. The molecule has 7 nitrogen and oxygen atoms in total. The van der Waals surface area contributed by atoms with E-state index >= 15 is 0 Å². The second-order valence-electron chi connectivity index (χ2n) is 5.92. The maximum atomic E-state index is 12.0. The number of rotatable bonds is 9. The smallest absolute Gasteiger partial charge is 0.325 e. The topological polar surface area (TPSA) is 93.7 Å². The molecule has 2 amide bonds. The molecule has 0 atom stereocenters. The van der Waals surface area contributed by atoms with Crippen molar-refractivity contribution in [3.63, 3.8) is 0 Å². The largest absolute Gasteiger partial charge is 0.497 e. The molecule has 0 saturated carbocycles. The predicted octanol–water partition coefficient (Wildman–Crippen LogP) is 2.63. The van der Waals surface area contributed by atoms with Gasteiger partial charge in [-0.2, -0.15) is 0 Å². The van der Waals surface area contributed by atoms with Gasteiger partial charge in [0.2, 0.25) is 0 Å². The summed E-state index contributed by atoms with van der Waals surface area (Å²) < 4.78 is 9.92. The molecule has 0 aliphatic heterocycles. The number of methoxy groups -OCH3 is 1. The van der Waals surface area contributed by atoms with Crippen molar-refractivity contribution in [2.24, 2.45) is 0 Å². The van der Waals surface area contributed by atoms with Crippen LogP contribution in [-0.2, 0) is 20.7 Å². The standard InChI is InChI=1S/C20H20Cl2N2O5/c1-28-15-5-2-13(3-6-15)8-9-23-18(25)12-29-19(26)11-24-20(27)16-7-4-14(21)10-17(16)22/h2-7,10H,8-9,11-12H2,1H3,(H,23,25)(H,24,27). The summed E-state index contributed by atoms with van der Waals surface area (Å²) in [5.74, 6) is -0.963. The fourth-order valence-corrected chi connectivity index (χ4v) is 2.80.